The van der Waals surface area contributed by atoms with Crippen LogP contribution in [0.25, 0.3) is 5.65 Å². The third kappa shape index (κ3) is 1.58. The van der Waals surface area contributed by atoms with Gasteiger partial charge in [0.1, 0.15) is 12.0 Å². The minimum atomic E-state index is -4.61. The van der Waals surface area contributed by atoms with Gasteiger partial charge in [0.05, 0.1) is 0 Å². The van der Waals surface area contributed by atoms with Crippen LogP contribution in [-0.4, -0.2) is 25.4 Å². The maximum atomic E-state index is 12.3. The highest BCUT2D eigenvalue weighted by atomic mass is 19.4. The van der Waals surface area contributed by atoms with Crippen LogP contribution < -0.4 is 0 Å². The first-order valence-corrected chi connectivity index (χ1v) is 4.04. The van der Waals surface area contributed by atoms with Crippen LogP contribution >= 0.6 is 0 Å². The van der Waals surface area contributed by atoms with E-state index < -0.39 is 23.5 Å². The van der Waals surface area contributed by atoms with Gasteiger partial charge in [-0.3, -0.25) is 4.40 Å². The molecule has 8 heteroatoms. The van der Waals surface area contributed by atoms with E-state index in [0.29, 0.717) is 0 Å². The van der Waals surface area contributed by atoms with Gasteiger partial charge in [0.2, 0.25) is 0 Å². The summed E-state index contributed by atoms with van der Waals surface area (Å²) in [5.74, 6) is -1.42. The highest BCUT2D eigenvalue weighted by molar-refractivity contribution is 5.92. The number of halogens is 3. The molecule has 0 aliphatic heterocycles. The standard InChI is InChI=1S/C8H4F3N3O2/c9-8(10,11)4-1-2-14-3-12-5(7(15)16)6(14)13-4/h1-3H,(H,15,16). The minimum Gasteiger partial charge on any atom is -0.476 e. The molecule has 0 amide bonds. The molecule has 0 fully saturated rings. The number of aromatic nitrogens is 3. The molecule has 0 atom stereocenters. The van der Waals surface area contributed by atoms with E-state index in [9.17, 15) is 18.0 Å². The number of hydrogen-bond acceptors (Lipinski definition) is 3. The lowest BCUT2D eigenvalue weighted by Crippen LogP contribution is -2.09. The van der Waals surface area contributed by atoms with Gasteiger partial charge in [0.15, 0.2) is 11.3 Å². The highest BCUT2D eigenvalue weighted by Gasteiger charge is 2.33. The summed E-state index contributed by atoms with van der Waals surface area (Å²) < 4.78 is 38.1. The van der Waals surface area contributed by atoms with Crippen molar-refractivity contribution in [2.45, 2.75) is 6.18 Å². The largest absolute Gasteiger partial charge is 0.476 e. The predicted molar refractivity (Wildman–Crippen MR) is 44.9 cm³/mol. The van der Waals surface area contributed by atoms with Gasteiger partial charge in [0.25, 0.3) is 0 Å². The monoisotopic (exact) mass is 231 g/mol. The Morgan fingerprint density at radius 2 is 2.12 bits per heavy atom. The van der Waals surface area contributed by atoms with E-state index in [1.807, 2.05) is 0 Å². The predicted octanol–water partition coefficient (Wildman–Crippen LogP) is 1.45. The van der Waals surface area contributed by atoms with Gasteiger partial charge < -0.3 is 5.11 Å². The molecule has 0 aliphatic rings. The topological polar surface area (TPSA) is 67.5 Å². The first kappa shape index (κ1) is 10.4. The molecule has 2 aromatic rings. The molecule has 0 radical (unpaired) electrons. The molecule has 0 spiro atoms. The van der Waals surface area contributed by atoms with Crippen molar-refractivity contribution in [2.24, 2.45) is 0 Å². The fourth-order valence-corrected chi connectivity index (χ4v) is 1.19. The van der Waals surface area contributed by atoms with Gasteiger partial charge in [-0.15, -0.1) is 0 Å². The van der Waals surface area contributed by atoms with Crippen LogP contribution in [0, 0.1) is 0 Å². The molecule has 0 saturated heterocycles. The lowest BCUT2D eigenvalue weighted by atomic mass is 10.4. The molecule has 2 heterocycles. The summed E-state index contributed by atoms with van der Waals surface area (Å²) >= 11 is 0. The van der Waals surface area contributed by atoms with Gasteiger partial charge in [-0.25, -0.2) is 14.8 Å². The second kappa shape index (κ2) is 3.19. The molecule has 0 unspecified atom stereocenters. The maximum absolute atomic E-state index is 12.3. The quantitative estimate of drug-likeness (QED) is 0.806. The Balaban J connectivity index is 2.68. The molecule has 5 nitrogen and oxygen atoms in total. The van der Waals surface area contributed by atoms with Crippen molar-refractivity contribution in [3.05, 3.63) is 30.0 Å². The van der Waals surface area contributed by atoms with Gasteiger partial charge in [0, 0.05) is 6.20 Å². The summed E-state index contributed by atoms with van der Waals surface area (Å²) in [4.78, 5) is 17.3. The van der Waals surface area contributed by atoms with Gasteiger partial charge in [-0.05, 0) is 6.07 Å². The lowest BCUT2D eigenvalue weighted by Gasteiger charge is -2.05. The number of fused-ring (bicyclic) bond motifs is 1. The molecule has 84 valence electrons. The molecular weight excluding hydrogens is 227 g/mol. The Hall–Kier alpha value is -2.12. The third-order valence-electron chi connectivity index (χ3n) is 1.88. The van der Waals surface area contributed by atoms with Gasteiger partial charge in [-0.2, -0.15) is 13.2 Å². The number of alkyl halides is 3. The van der Waals surface area contributed by atoms with Gasteiger partial charge >= 0.3 is 12.1 Å². The average molecular weight is 231 g/mol. The van der Waals surface area contributed by atoms with Crippen molar-refractivity contribution in [1.29, 1.82) is 0 Å². The third-order valence-corrected chi connectivity index (χ3v) is 1.88. The molecule has 2 rings (SSSR count). The van der Waals surface area contributed by atoms with E-state index in [1.165, 1.54) is 0 Å². The number of nitrogens with zero attached hydrogens (tertiary/aromatic N) is 3. The molecule has 0 bridgehead atoms. The molecule has 0 saturated carbocycles. The van der Waals surface area contributed by atoms with Crippen LogP contribution in [-0.2, 0) is 6.18 Å². The van der Waals surface area contributed by atoms with E-state index in [0.717, 1.165) is 23.0 Å². The number of imidazole rings is 1. The number of rotatable bonds is 1. The molecule has 2 aromatic heterocycles. The summed E-state index contributed by atoms with van der Waals surface area (Å²) in [7, 11) is 0. The maximum Gasteiger partial charge on any atom is 0.433 e. The lowest BCUT2D eigenvalue weighted by molar-refractivity contribution is -0.141. The van der Waals surface area contributed by atoms with E-state index in [-0.39, 0.29) is 5.65 Å². The fraction of sp³-hybridized carbons (Fsp3) is 0.125. The molecule has 1 N–H and O–H groups in total. The molecule has 0 aromatic carbocycles. The van der Waals surface area contributed by atoms with E-state index >= 15 is 0 Å². The van der Waals surface area contributed by atoms with Gasteiger partial charge in [-0.1, -0.05) is 0 Å². The summed E-state index contributed by atoms with van der Waals surface area (Å²) in [5, 5.41) is 8.67. The van der Waals surface area contributed by atoms with Crippen LogP contribution in [0.1, 0.15) is 16.2 Å². The first-order chi connectivity index (χ1) is 7.39. The number of aromatic carboxylic acids is 1. The Labute approximate surface area is 86.2 Å². The summed E-state index contributed by atoms with van der Waals surface area (Å²) in [5.41, 5.74) is -1.99. The number of hydrogen-bond donors (Lipinski definition) is 1. The van der Waals surface area contributed by atoms with Crippen LogP contribution in [0.3, 0.4) is 0 Å². The minimum absolute atomic E-state index is 0.331. The second-order valence-corrected chi connectivity index (χ2v) is 2.94. The van der Waals surface area contributed by atoms with Crippen LogP contribution in [0.4, 0.5) is 13.2 Å². The Bertz CT molecular complexity index is 561. The van der Waals surface area contributed by atoms with Crippen molar-refractivity contribution >= 4 is 11.6 Å². The normalized spacial score (nSPS) is 11.9. The summed E-state index contributed by atoms with van der Waals surface area (Å²) in [6.45, 7) is 0. The van der Waals surface area contributed by atoms with E-state index in [2.05, 4.69) is 9.97 Å². The summed E-state index contributed by atoms with van der Waals surface area (Å²) in [6, 6.07) is 0.750. The smallest absolute Gasteiger partial charge is 0.433 e. The van der Waals surface area contributed by atoms with Crippen LogP contribution in [0.15, 0.2) is 18.6 Å². The number of carboxylic acids is 1. The summed E-state index contributed by atoms with van der Waals surface area (Å²) in [6.07, 6.45) is -2.46. The van der Waals surface area contributed by atoms with Crippen molar-refractivity contribution in [2.75, 3.05) is 0 Å². The van der Waals surface area contributed by atoms with Crippen molar-refractivity contribution < 1.29 is 23.1 Å². The SMILES string of the molecule is O=C(O)c1ncn2ccc(C(F)(F)F)nc12. The zero-order valence-electron chi connectivity index (χ0n) is 7.56. The van der Waals surface area contributed by atoms with Crippen molar-refractivity contribution in [3.63, 3.8) is 0 Å². The molecular formula is C8H4F3N3O2. The average Bonchev–Trinajstić information content (AvgIpc) is 2.58. The van der Waals surface area contributed by atoms with Crippen LogP contribution in [0.5, 0.6) is 0 Å². The Morgan fingerprint density at radius 3 is 2.69 bits per heavy atom. The van der Waals surface area contributed by atoms with Crippen molar-refractivity contribution in [3.8, 4) is 0 Å². The fourth-order valence-electron chi connectivity index (χ4n) is 1.19. The van der Waals surface area contributed by atoms with Crippen molar-refractivity contribution in [1.82, 2.24) is 14.4 Å². The van der Waals surface area contributed by atoms with E-state index in [4.69, 9.17) is 5.11 Å². The highest BCUT2D eigenvalue weighted by Crippen LogP contribution is 2.27. The van der Waals surface area contributed by atoms with Crippen LogP contribution in [0.2, 0.25) is 0 Å². The second-order valence-electron chi connectivity index (χ2n) is 2.94. The zero-order valence-corrected chi connectivity index (χ0v) is 7.56. The molecule has 0 aliphatic carbocycles. The zero-order chi connectivity index (χ0) is 11.9. The first-order valence-electron chi connectivity index (χ1n) is 4.04. The van der Waals surface area contributed by atoms with E-state index in [1.54, 1.807) is 0 Å². The number of carboxylic acid groups (broad SMARTS) is 1. The Morgan fingerprint density at radius 1 is 1.44 bits per heavy atom. The molecule has 16 heavy (non-hydrogen) atoms. The number of carbonyl (C=O) groups is 1. The Kier molecular flexibility index (Phi) is 2.07.